The largest absolute Gasteiger partial charge is 0.480 e. The Hall–Kier alpha value is -1.56. The van der Waals surface area contributed by atoms with E-state index in [4.69, 9.17) is 10.8 Å². The van der Waals surface area contributed by atoms with Crippen molar-refractivity contribution in [2.24, 2.45) is 5.73 Å². The van der Waals surface area contributed by atoms with Gasteiger partial charge in [-0.05, 0) is 0 Å². The number of hydrogen-bond donors (Lipinski definition) is 2. The van der Waals surface area contributed by atoms with Crippen LogP contribution in [0.15, 0.2) is 12.1 Å². The van der Waals surface area contributed by atoms with Gasteiger partial charge in [-0.3, -0.25) is 4.79 Å². The summed E-state index contributed by atoms with van der Waals surface area (Å²) in [5, 5.41) is 8.40. The summed E-state index contributed by atoms with van der Waals surface area (Å²) in [7, 11) is 0. The Bertz CT molecular complexity index is 358. The Balaban J connectivity index is 3.27. The van der Waals surface area contributed by atoms with Crippen LogP contribution in [0, 0.1) is 17.5 Å². The molecule has 3 N–H and O–H groups in total. The van der Waals surface area contributed by atoms with Gasteiger partial charge in [0.05, 0.1) is 5.56 Å². The zero-order valence-corrected chi connectivity index (χ0v) is 6.80. The topological polar surface area (TPSA) is 63.3 Å². The predicted octanol–water partition coefficient (Wildman–Crippen LogP) is 1.19. The summed E-state index contributed by atoms with van der Waals surface area (Å²) in [6.45, 7) is 0. The number of halogens is 3. The highest BCUT2D eigenvalue weighted by molar-refractivity contribution is 5.75. The molecule has 0 radical (unpaired) electrons. The quantitative estimate of drug-likeness (QED) is 0.762. The van der Waals surface area contributed by atoms with E-state index in [1.807, 2.05) is 0 Å². The minimum atomic E-state index is -1.84. The van der Waals surface area contributed by atoms with Crippen molar-refractivity contribution in [2.75, 3.05) is 0 Å². The van der Waals surface area contributed by atoms with Crippen molar-refractivity contribution in [3.05, 3.63) is 35.1 Å². The van der Waals surface area contributed by atoms with Crippen LogP contribution in [-0.2, 0) is 4.79 Å². The van der Waals surface area contributed by atoms with Crippen molar-refractivity contribution < 1.29 is 23.1 Å². The zero-order valence-electron chi connectivity index (χ0n) is 6.80. The van der Waals surface area contributed by atoms with Crippen LogP contribution in [0.2, 0.25) is 0 Å². The average Bonchev–Trinajstić information content (AvgIpc) is 2.01. The van der Waals surface area contributed by atoms with Gasteiger partial charge >= 0.3 is 5.97 Å². The number of carboxylic acid groups (broad SMARTS) is 1. The lowest BCUT2D eigenvalue weighted by atomic mass is 10.1. The first-order valence-electron chi connectivity index (χ1n) is 3.56. The van der Waals surface area contributed by atoms with Crippen molar-refractivity contribution in [2.45, 2.75) is 6.04 Å². The van der Waals surface area contributed by atoms with Crippen molar-refractivity contribution in [3.8, 4) is 0 Å². The molecule has 14 heavy (non-hydrogen) atoms. The van der Waals surface area contributed by atoms with Gasteiger partial charge in [-0.25, -0.2) is 13.2 Å². The number of aliphatic carboxylic acids is 1. The van der Waals surface area contributed by atoms with Gasteiger partial charge in [0, 0.05) is 12.1 Å². The lowest BCUT2D eigenvalue weighted by molar-refractivity contribution is -0.138. The molecule has 1 atom stereocenters. The van der Waals surface area contributed by atoms with Gasteiger partial charge in [-0.1, -0.05) is 0 Å². The maximum absolute atomic E-state index is 12.9. The molecule has 1 aromatic carbocycles. The fraction of sp³-hybridized carbons (Fsp3) is 0.125. The van der Waals surface area contributed by atoms with Crippen molar-refractivity contribution in [1.82, 2.24) is 0 Å². The Labute approximate surface area is 77.0 Å². The van der Waals surface area contributed by atoms with Gasteiger partial charge in [0.1, 0.15) is 23.5 Å². The maximum atomic E-state index is 12.9. The molecule has 0 saturated heterocycles. The first-order valence-corrected chi connectivity index (χ1v) is 3.56. The molecular formula is C8H6F3NO2. The Kier molecular flexibility index (Phi) is 2.76. The lowest BCUT2D eigenvalue weighted by Crippen LogP contribution is -2.23. The van der Waals surface area contributed by atoms with Crippen molar-refractivity contribution >= 4 is 5.97 Å². The van der Waals surface area contributed by atoms with E-state index < -0.39 is 35.0 Å². The molecule has 0 saturated carbocycles. The second-order valence-electron chi connectivity index (χ2n) is 2.60. The molecule has 1 unspecified atom stereocenters. The van der Waals surface area contributed by atoms with Crippen molar-refractivity contribution in [1.29, 1.82) is 0 Å². The highest BCUT2D eigenvalue weighted by Gasteiger charge is 2.23. The SMILES string of the molecule is NC(C(=O)O)c1c(F)cc(F)cc1F. The molecule has 0 heterocycles. The molecular weight excluding hydrogens is 199 g/mol. The third-order valence-corrected chi connectivity index (χ3v) is 1.62. The van der Waals surface area contributed by atoms with E-state index in [0.29, 0.717) is 12.1 Å². The van der Waals surface area contributed by atoms with Crippen LogP contribution in [0.5, 0.6) is 0 Å². The second-order valence-corrected chi connectivity index (χ2v) is 2.60. The molecule has 0 spiro atoms. The Morgan fingerprint density at radius 2 is 1.71 bits per heavy atom. The third-order valence-electron chi connectivity index (χ3n) is 1.62. The van der Waals surface area contributed by atoms with Crippen molar-refractivity contribution in [3.63, 3.8) is 0 Å². The number of carboxylic acids is 1. The minimum Gasteiger partial charge on any atom is -0.480 e. The smallest absolute Gasteiger partial charge is 0.325 e. The summed E-state index contributed by atoms with van der Waals surface area (Å²) < 4.78 is 38.2. The van der Waals surface area contributed by atoms with E-state index >= 15 is 0 Å². The van der Waals surface area contributed by atoms with Crippen LogP contribution in [0.25, 0.3) is 0 Å². The summed E-state index contributed by atoms with van der Waals surface area (Å²) >= 11 is 0. The molecule has 1 aromatic rings. The standard InChI is InChI=1S/C8H6F3NO2/c9-3-1-4(10)6(5(11)2-3)7(12)8(13)14/h1-2,7H,12H2,(H,13,14). The Morgan fingerprint density at radius 1 is 1.29 bits per heavy atom. The summed E-state index contributed by atoms with van der Waals surface area (Å²) in [5.41, 5.74) is 4.14. The molecule has 3 nitrogen and oxygen atoms in total. The highest BCUT2D eigenvalue weighted by Crippen LogP contribution is 2.20. The maximum Gasteiger partial charge on any atom is 0.325 e. The van der Waals surface area contributed by atoms with Crippen LogP contribution < -0.4 is 5.73 Å². The van der Waals surface area contributed by atoms with Crippen LogP contribution in [0.4, 0.5) is 13.2 Å². The number of hydrogen-bond acceptors (Lipinski definition) is 2. The van der Waals surface area contributed by atoms with E-state index in [1.165, 1.54) is 0 Å². The summed E-state index contributed by atoms with van der Waals surface area (Å²) in [4.78, 5) is 10.3. The number of benzene rings is 1. The fourth-order valence-electron chi connectivity index (χ4n) is 0.974. The zero-order chi connectivity index (χ0) is 10.9. The summed E-state index contributed by atoms with van der Waals surface area (Å²) in [5.74, 6) is -5.33. The number of carbonyl (C=O) groups is 1. The van der Waals surface area contributed by atoms with E-state index in [9.17, 15) is 18.0 Å². The normalized spacial score (nSPS) is 12.6. The molecule has 0 aliphatic heterocycles. The molecule has 0 aliphatic carbocycles. The predicted molar refractivity (Wildman–Crippen MR) is 40.9 cm³/mol. The van der Waals surface area contributed by atoms with Crippen LogP contribution in [0.1, 0.15) is 11.6 Å². The summed E-state index contributed by atoms with van der Waals surface area (Å²) in [6, 6.07) is -1.09. The van der Waals surface area contributed by atoms with Gasteiger partial charge in [0.15, 0.2) is 0 Å². The van der Waals surface area contributed by atoms with Gasteiger partial charge in [-0.2, -0.15) is 0 Å². The molecule has 0 aliphatic rings. The first-order chi connectivity index (χ1) is 6.43. The number of nitrogens with two attached hydrogens (primary N) is 1. The summed E-state index contributed by atoms with van der Waals surface area (Å²) in [6.07, 6.45) is 0. The second kappa shape index (κ2) is 3.67. The van der Waals surface area contributed by atoms with Gasteiger partial charge in [0.25, 0.3) is 0 Å². The molecule has 1 rings (SSSR count). The molecule has 76 valence electrons. The van der Waals surface area contributed by atoms with Gasteiger partial charge < -0.3 is 10.8 Å². The highest BCUT2D eigenvalue weighted by atomic mass is 19.1. The van der Waals surface area contributed by atoms with Gasteiger partial charge in [0.2, 0.25) is 0 Å². The lowest BCUT2D eigenvalue weighted by Gasteiger charge is -2.08. The minimum absolute atomic E-state index is 0.376. The Morgan fingerprint density at radius 3 is 2.07 bits per heavy atom. The molecule has 0 amide bonds. The third kappa shape index (κ3) is 1.85. The fourth-order valence-corrected chi connectivity index (χ4v) is 0.974. The molecule has 6 heteroatoms. The van der Waals surface area contributed by atoms with E-state index in [-0.39, 0.29) is 0 Å². The molecule has 0 aromatic heterocycles. The monoisotopic (exact) mass is 205 g/mol. The number of rotatable bonds is 2. The van der Waals surface area contributed by atoms with Crippen LogP contribution in [0.3, 0.4) is 0 Å². The molecule has 0 bridgehead atoms. The average molecular weight is 205 g/mol. The van der Waals surface area contributed by atoms with Crippen LogP contribution >= 0.6 is 0 Å². The van der Waals surface area contributed by atoms with Crippen LogP contribution in [-0.4, -0.2) is 11.1 Å². The molecule has 0 fully saturated rings. The van der Waals surface area contributed by atoms with E-state index in [0.717, 1.165) is 0 Å². The van der Waals surface area contributed by atoms with E-state index in [2.05, 4.69) is 0 Å². The van der Waals surface area contributed by atoms with E-state index in [1.54, 1.807) is 0 Å². The van der Waals surface area contributed by atoms with Gasteiger partial charge in [-0.15, -0.1) is 0 Å². The first kappa shape index (κ1) is 10.5.